The second-order valence-electron chi connectivity index (χ2n) is 7.45. The maximum Gasteiger partial charge on any atom is 0.191 e. The number of ether oxygens (including phenoxy) is 1. The first-order valence-corrected chi connectivity index (χ1v) is 9.49. The molecule has 2 fully saturated rings. The number of halogens is 1. The fraction of sp³-hybridized carbons (Fsp3) is 0.765. The summed E-state index contributed by atoms with van der Waals surface area (Å²) in [5, 5.41) is 10.2. The van der Waals surface area contributed by atoms with Crippen molar-refractivity contribution >= 4 is 41.3 Å². The summed E-state index contributed by atoms with van der Waals surface area (Å²) >= 11 is 1.72. The van der Waals surface area contributed by atoms with E-state index in [9.17, 15) is 0 Å². The number of guanidine groups is 1. The molecule has 0 spiro atoms. The standard InChI is InChI=1S/C17H28N4OS.HI/c1-5-18-16(21-13-8-12-6-7-14(13)22-12)19-9-11-10-23-15(20-11)17(2,3)4;/h10,12-14H,5-9H2,1-4H3,(H2,18,19,21);1H. The zero-order valence-electron chi connectivity index (χ0n) is 15.0. The molecule has 2 aliphatic rings. The second-order valence-corrected chi connectivity index (χ2v) is 8.31. The van der Waals surface area contributed by atoms with Crippen LogP contribution in [0.2, 0.25) is 0 Å². The fourth-order valence-electron chi connectivity index (χ4n) is 3.17. The Morgan fingerprint density at radius 1 is 1.42 bits per heavy atom. The molecule has 5 nitrogen and oxygen atoms in total. The third-order valence-electron chi connectivity index (χ3n) is 4.36. The minimum atomic E-state index is 0. The second kappa shape index (κ2) is 8.31. The predicted molar refractivity (Wildman–Crippen MR) is 110 cm³/mol. The van der Waals surface area contributed by atoms with Crippen molar-refractivity contribution in [3.63, 3.8) is 0 Å². The molecular formula is C17H29IN4OS. The number of nitrogens with one attached hydrogen (secondary N) is 2. The summed E-state index contributed by atoms with van der Waals surface area (Å²) in [7, 11) is 0. The van der Waals surface area contributed by atoms with E-state index in [4.69, 9.17) is 14.7 Å². The van der Waals surface area contributed by atoms with Crippen LogP contribution in [0.15, 0.2) is 10.4 Å². The molecule has 0 amide bonds. The van der Waals surface area contributed by atoms with Gasteiger partial charge >= 0.3 is 0 Å². The quantitative estimate of drug-likeness (QED) is 0.407. The number of nitrogens with zero attached hydrogens (tertiary/aromatic N) is 2. The number of hydrogen-bond acceptors (Lipinski definition) is 4. The van der Waals surface area contributed by atoms with Crippen LogP contribution in [0.25, 0.3) is 0 Å². The van der Waals surface area contributed by atoms with E-state index in [-0.39, 0.29) is 29.4 Å². The highest BCUT2D eigenvalue weighted by atomic mass is 127. The summed E-state index contributed by atoms with van der Waals surface area (Å²) in [6.07, 6.45) is 4.29. The highest BCUT2D eigenvalue weighted by molar-refractivity contribution is 14.0. The van der Waals surface area contributed by atoms with Gasteiger partial charge in [-0.3, -0.25) is 0 Å². The van der Waals surface area contributed by atoms with Crippen LogP contribution in [0.3, 0.4) is 0 Å². The molecule has 24 heavy (non-hydrogen) atoms. The summed E-state index contributed by atoms with van der Waals surface area (Å²) in [5.74, 6) is 0.874. The molecule has 3 unspecified atom stereocenters. The minimum Gasteiger partial charge on any atom is -0.373 e. The maximum absolute atomic E-state index is 5.91. The van der Waals surface area contributed by atoms with E-state index in [0.717, 1.165) is 24.6 Å². The zero-order chi connectivity index (χ0) is 16.4. The number of aromatic nitrogens is 1. The molecule has 2 bridgehead atoms. The lowest BCUT2D eigenvalue weighted by Crippen LogP contribution is -2.47. The molecular weight excluding hydrogens is 435 g/mol. The van der Waals surface area contributed by atoms with Crippen LogP contribution in [0.1, 0.15) is 57.7 Å². The molecule has 0 saturated carbocycles. The molecule has 0 radical (unpaired) electrons. The summed E-state index contributed by atoms with van der Waals surface area (Å²) in [5.41, 5.74) is 1.15. The molecule has 0 aromatic carbocycles. The van der Waals surface area contributed by atoms with E-state index in [1.165, 1.54) is 17.8 Å². The van der Waals surface area contributed by atoms with Crippen molar-refractivity contribution in [2.45, 2.75) is 77.2 Å². The first-order valence-electron chi connectivity index (χ1n) is 8.61. The van der Waals surface area contributed by atoms with Crippen molar-refractivity contribution < 1.29 is 4.74 Å². The average Bonchev–Trinajstić information content (AvgIpc) is 3.20. The van der Waals surface area contributed by atoms with Gasteiger partial charge in [-0.05, 0) is 26.2 Å². The summed E-state index contributed by atoms with van der Waals surface area (Å²) in [4.78, 5) is 9.42. The van der Waals surface area contributed by atoms with Crippen molar-refractivity contribution in [2.75, 3.05) is 6.54 Å². The molecule has 0 aliphatic carbocycles. The van der Waals surface area contributed by atoms with Crippen LogP contribution >= 0.6 is 35.3 Å². The molecule has 3 rings (SSSR count). The predicted octanol–water partition coefficient (Wildman–Crippen LogP) is 3.43. The molecule has 2 N–H and O–H groups in total. The number of rotatable bonds is 4. The lowest BCUT2D eigenvalue weighted by molar-refractivity contribution is 0.0992. The monoisotopic (exact) mass is 464 g/mol. The molecule has 136 valence electrons. The Kier molecular flexibility index (Phi) is 6.90. The van der Waals surface area contributed by atoms with E-state index >= 15 is 0 Å². The van der Waals surface area contributed by atoms with Crippen LogP contribution in [-0.4, -0.2) is 35.7 Å². The van der Waals surface area contributed by atoms with Gasteiger partial charge in [0.1, 0.15) is 0 Å². The Balaban J connectivity index is 0.00000208. The molecule has 1 aromatic rings. The van der Waals surface area contributed by atoms with Gasteiger partial charge < -0.3 is 15.4 Å². The lowest BCUT2D eigenvalue weighted by atomic mass is 9.96. The fourth-order valence-corrected chi connectivity index (χ4v) is 4.07. The SMILES string of the molecule is CCNC(=NCc1csc(C(C)(C)C)n1)NC1CC2CCC1O2.I. The Labute approximate surface area is 166 Å². The third kappa shape index (κ3) is 4.82. The number of hydrogen-bond donors (Lipinski definition) is 2. The van der Waals surface area contributed by atoms with Gasteiger partial charge in [-0.15, -0.1) is 35.3 Å². The molecule has 3 atom stereocenters. The largest absolute Gasteiger partial charge is 0.373 e. The van der Waals surface area contributed by atoms with Crippen LogP contribution < -0.4 is 10.6 Å². The van der Waals surface area contributed by atoms with Gasteiger partial charge in [0, 0.05) is 17.3 Å². The van der Waals surface area contributed by atoms with Crippen molar-refractivity contribution in [3.05, 3.63) is 16.1 Å². The lowest BCUT2D eigenvalue weighted by Gasteiger charge is -2.22. The molecule has 1 aromatic heterocycles. The van der Waals surface area contributed by atoms with E-state index in [1.807, 2.05) is 0 Å². The smallest absolute Gasteiger partial charge is 0.191 e. The molecule has 3 heterocycles. The Morgan fingerprint density at radius 2 is 2.21 bits per heavy atom. The van der Waals surface area contributed by atoms with Crippen LogP contribution in [-0.2, 0) is 16.7 Å². The number of fused-ring (bicyclic) bond motifs is 2. The van der Waals surface area contributed by atoms with Gasteiger partial charge in [-0.2, -0.15) is 0 Å². The first kappa shape index (κ1) is 19.9. The van der Waals surface area contributed by atoms with Crippen molar-refractivity contribution in [1.29, 1.82) is 0 Å². The Bertz CT molecular complexity index is 569. The highest BCUT2D eigenvalue weighted by Crippen LogP contribution is 2.34. The highest BCUT2D eigenvalue weighted by Gasteiger charge is 2.41. The zero-order valence-corrected chi connectivity index (χ0v) is 18.1. The van der Waals surface area contributed by atoms with Gasteiger partial charge in [0.05, 0.1) is 35.5 Å². The molecule has 2 saturated heterocycles. The van der Waals surface area contributed by atoms with Gasteiger partial charge in [0.2, 0.25) is 0 Å². The molecule has 7 heteroatoms. The Hall–Kier alpha value is -0.410. The van der Waals surface area contributed by atoms with Crippen molar-refractivity contribution in [3.8, 4) is 0 Å². The topological polar surface area (TPSA) is 58.5 Å². The average molecular weight is 464 g/mol. The summed E-state index contributed by atoms with van der Waals surface area (Å²) in [6, 6.07) is 0.395. The molecule has 2 aliphatic heterocycles. The first-order chi connectivity index (χ1) is 11.0. The summed E-state index contributed by atoms with van der Waals surface area (Å²) < 4.78 is 5.91. The van der Waals surface area contributed by atoms with Crippen LogP contribution in [0.4, 0.5) is 0 Å². The van der Waals surface area contributed by atoms with Gasteiger partial charge in [-0.1, -0.05) is 20.8 Å². The van der Waals surface area contributed by atoms with E-state index in [2.05, 4.69) is 43.7 Å². The van der Waals surface area contributed by atoms with Gasteiger partial charge in [0.25, 0.3) is 0 Å². The van der Waals surface area contributed by atoms with E-state index in [1.54, 1.807) is 11.3 Å². The van der Waals surface area contributed by atoms with Crippen LogP contribution in [0.5, 0.6) is 0 Å². The number of thiazole rings is 1. The third-order valence-corrected chi connectivity index (χ3v) is 5.68. The van der Waals surface area contributed by atoms with Crippen molar-refractivity contribution in [1.82, 2.24) is 15.6 Å². The minimum absolute atomic E-state index is 0. The van der Waals surface area contributed by atoms with E-state index < -0.39 is 0 Å². The van der Waals surface area contributed by atoms with Gasteiger partial charge in [0.15, 0.2) is 5.96 Å². The number of aliphatic imine (C=N–C) groups is 1. The van der Waals surface area contributed by atoms with Crippen molar-refractivity contribution in [2.24, 2.45) is 4.99 Å². The van der Waals surface area contributed by atoms with E-state index in [0.29, 0.717) is 24.8 Å². The van der Waals surface area contributed by atoms with Crippen LogP contribution in [0, 0.1) is 0 Å². The Morgan fingerprint density at radius 3 is 2.75 bits per heavy atom. The maximum atomic E-state index is 5.91. The normalized spacial score (nSPS) is 26.3. The van der Waals surface area contributed by atoms with Gasteiger partial charge in [-0.25, -0.2) is 9.98 Å². The summed E-state index contributed by atoms with van der Waals surface area (Å²) in [6.45, 7) is 10.1.